The van der Waals surface area contributed by atoms with Gasteiger partial charge in [0.25, 0.3) is 0 Å². The SMILES string of the molecule is COCCc1noc(C(C)NC(=O)C2(Cc3cccc(OC)c3)CNC2)n1. The first kappa shape index (κ1) is 19.3. The number of amides is 1. The van der Waals surface area contributed by atoms with E-state index in [0.717, 1.165) is 11.3 Å². The molecule has 27 heavy (non-hydrogen) atoms. The van der Waals surface area contributed by atoms with Gasteiger partial charge in [-0.15, -0.1) is 0 Å². The zero-order valence-corrected chi connectivity index (χ0v) is 15.9. The Balaban J connectivity index is 1.64. The molecule has 1 fully saturated rings. The van der Waals surface area contributed by atoms with E-state index in [2.05, 4.69) is 20.8 Å². The monoisotopic (exact) mass is 374 g/mol. The number of rotatable bonds is 9. The first-order valence-electron chi connectivity index (χ1n) is 9.02. The summed E-state index contributed by atoms with van der Waals surface area (Å²) in [5, 5.41) is 10.2. The van der Waals surface area contributed by atoms with Crippen molar-refractivity contribution in [3.63, 3.8) is 0 Å². The van der Waals surface area contributed by atoms with Crippen LogP contribution < -0.4 is 15.4 Å². The number of aromatic nitrogens is 2. The summed E-state index contributed by atoms with van der Waals surface area (Å²) in [5.74, 6) is 1.74. The van der Waals surface area contributed by atoms with Gasteiger partial charge in [-0.3, -0.25) is 4.79 Å². The highest BCUT2D eigenvalue weighted by Gasteiger charge is 2.44. The molecule has 1 aliphatic heterocycles. The minimum Gasteiger partial charge on any atom is -0.497 e. The molecule has 1 unspecified atom stereocenters. The summed E-state index contributed by atoms with van der Waals surface area (Å²) in [6.07, 6.45) is 1.21. The van der Waals surface area contributed by atoms with Crippen LogP contribution in [0.4, 0.5) is 0 Å². The van der Waals surface area contributed by atoms with Gasteiger partial charge in [-0.2, -0.15) is 4.98 Å². The number of benzene rings is 1. The maximum absolute atomic E-state index is 13.0. The van der Waals surface area contributed by atoms with Crippen LogP contribution in [0.3, 0.4) is 0 Å². The first-order chi connectivity index (χ1) is 13.1. The van der Waals surface area contributed by atoms with Crippen molar-refractivity contribution in [1.82, 2.24) is 20.8 Å². The summed E-state index contributed by atoms with van der Waals surface area (Å²) in [6, 6.07) is 7.46. The van der Waals surface area contributed by atoms with E-state index >= 15 is 0 Å². The molecule has 1 aromatic carbocycles. The van der Waals surface area contributed by atoms with Crippen LogP contribution >= 0.6 is 0 Å². The van der Waals surface area contributed by atoms with Gasteiger partial charge in [0.2, 0.25) is 11.8 Å². The maximum Gasteiger partial charge on any atom is 0.248 e. The van der Waals surface area contributed by atoms with Crippen LogP contribution in [0.2, 0.25) is 0 Å². The Morgan fingerprint density at radius 3 is 2.89 bits per heavy atom. The third-order valence-corrected chi connectivity index (χ3v) is 4.82. The van der Waals surface area contributed by atoms with Gasteiger partial charge in [-0.05, 0) is 31.0 Å². The van der Waals surface area contributed by atoms with Crippen LogP contribution in [-0.4, -0.2) is 50.0 Å². The molecule has 1 amide bonds. The van der Waals surface area contributed by atoms with Gasteiger partial charge in [-0.1, -0.05) is 17.3 Å². The lowest BCUT2D eigenvalue weighted by atomic mass is 9.75. The van der Waals surface area contributed by atoms with E-state index in [9.17, 15) is 4.79 Å². The Bertz CT molecular complexity index is 773. The van der Waals surface area contributed by atoms with Crippen molar-refractivity contribution < 1.29 is 18.8 Å². The standard InChI is InChI=1S/C19H26N4O4/c1-13(17-22-16(23-27-17)7-8-25-2)21-18(24)19(11-20-12-19)10-14-5-4-6-15(9-14)26-3/h4-6,9,13,20H,7-8,10-12H2,1-3H3,(H,21,24). The predicted molar refractivity (Wildman–Crippen MR) is 98.4 cm³/mol. The van der Waals surface area contributed by atoms with Crippen molar-refractivity contribution >= 4 is 5.91 Å². The van der Waals surface area contributed by atoms with Gasteiger partial charge in [0.1, 0.15) is 11.8 Å². The number of carbonyl (C=O) groups excluding carboxylic acids is 1. The zero-order valence-electron chi connectivity index (χ0n) is 15.9. The minimum absolute atomic E-state index is 0.0202. The van der Waals surface area contributed by atoms with Gasteiger partial charge in [0.05, 0.1) is 19.1 Å². The summed E-state index contributed by atoms with van der Waals surface area (Å²) < 4.78 is 15.6. The Labute approximate surface area is 158 Å². The topological polar surface area (TPSA) is 98.5 Å². The third kappa shape index (κ3) is 4.45. The molecule has 1 atom stereocenters. The van der Waals surface area contributed by atoms with Crippen molar-refractivity contribution in [1.29, 1.82) is 0 Å². The third-order valence-electron chi connectivity index (χ3n) is 4.82. The van der Waals surface area contributed by atoms with Crippen LogP contribution in [0.25, 0.3) is 0 Å². The molecule has 0 radical (unpaired) electrons. The molecule has 2 aromatic rings. The molecular formula is C19H26N4O4. The van der Waals surface area contributed by atoms with Crippen molar-refractivity contribution in [3.8, 4) is 5.75 Å². The van der Waals surface area contributed by atoms with Crippen molar-refractivity contribution in [2.45, 2.75) is 25.8 Å². The molecule has 2 N–H and O–H groups in total. The average molecular weight is 374 g/mol. The van der Waals surface area contributed by atoms with Crippen LogP contribution in [0.5, 0.6) is 5.75 Å². The number of nitrogens with one attached hydrogen (secondary N) is 2. The van der Waals surface area contributed by atoms with E-state index in [1.165, 1.54) is 0 Å². The number of hydrogen-bond donors (Lipinski definition) is 2. The molecule has 0 saturated carbocycles. The number of hydrogen-bond acceptors (Lipinski definition) is 7. The number of nitrogens with zero attached hydrogens (tertiary/aromatic N) is 2. The molecule has 2 heterocycles. The molecule has 1 saturated heterocycles. The van der Waals surface area contributed by atoms with E-state index in [1.54, 1.807) is 14.2 Å². The van der Waals surface area contributed by atoms with Gasteiger partial charge >= 0.3 is 0 Å². The number of methoxy groups -OCH3 is 2. The van der Waals surface area contributed by atoms with Crippen molar-refractivity contribution in [2.75, 3.05) is 33.9 Å². The van der Waals surface area contributed by atoms with Gasteiger partial charge < -0.3 is 24.6 Å². The average Bonchev–Trinajstić information content (AvgIpc) is 3.12. The molecule has 0 spiro atoms. The minimum atomic E-state index is -0.487. The smallest absolute Gasteiger partial charge is 0.248 e. The highest BCUT2D eigenvalue weighted by molar-refractivity contribution is 5.85. The lowest BCUT2D eigenvalue weighted by Crippen LogP contribution is -2.62. The molecule has 0 bridgehead atoms. The summed E-state index contributed by atoms with van der Waals surface area (Å²) in [4.78, 5) is 17.3. The molecule has 3 rings (SSSR count). The highest BCUT2D eigenvalue weighted by atomic mass is 16.5. The largest absolute Gasteiger partial charge is 0.497 e. The lowest BCUT2D eigenvalue weighted by molar-refractivity contribution is -0.134. The van der Waals surface area contributed by atoms with Gasteiger partial charge in [0.15, 0.2) is 5.82 Å². The Kier molecular flexibility index (Phi) is 6.08. The molecule has 1 aromatic heterocycles. The fourth-order valence-corrected chi connectivity index (χ4v) is 3.12. The Morgan fingerprint density at radius 2 is 2.22 bits per heavy atom. The highest BCUT2D eigenvalue weighted by Crippen LogP contribution is 2.30. The maximum atomic E-state index is 13.0. The Hall–Kier alpha value is -2.45. The second-order valence-electron chi connectivity index (χ2n) is 6.90. The quantitative estimate of drug-likeness (QED) is 0.682. The van der Waals surface area contributed by atoms with Crippen molar-refractivity contribution in [2.24, 2.45) is 5.41 Å². The summed E-state index contributed by atoms with van der Waals surface area (Å²) in [7, 11) is 3.26. The van der Waals surface area contributed by atoms with E-state index in [-0.39, 0.29) is 11.9 Å². The van der Waals surface area contributed by atoms with Crippen LogP contribution in [-0.2, 0) is 22.4 Å². The summed E-state index contributed by atoms with van der Waals surface area (Å²) in [5.41, 5.74) is 0.581. The van der Waals surface area contributed by atoms with E-state index in [0.29, 0.717) is 44.3 Å². The first-order valence-corrected chi connectivity index (χ1v) is 9.02. The summed E-state index contributed by atoms with van der Waals surface area (Å²) >= 11 is 0. The van der Waals surface area contributed by atoms with E-state index in [4.69, 9.17) is 14.0 Å². The lowest BCUT2D eigenvalue weighted by Gasteiger charge is -2.41. The van der Waals surface area contributed by atoms with E-state index in [1.807, 2.05) is 31.2 Å². The zero-order chi connectivity index (χ0) is 19.3. The molecule has 1 aliphatic rings. The fourth-order valence-electron chi connectivity index (χ4n) is 3.12. The van der Waals surface area contributed by atoms with Crippen LogP contribution in [0.1, 0.15) is 30.2 Å². The van der Waals surface area contributed by atoms with Crippen LogP contribution in [0.15, 0.2) is 28.8 Å². The number of carbonyl (C=O) groups is 1. The fraction of sp³-hybridized carbons (Fsp3) is 0.526. The Morgan fingerprint density at radius 1 is 1.41 bits per heavy atom. The second kappa shape index (κ2) is 8.49. The van der Waals surface area contributed by atoms with Crippen LogP contribution in [0, 0.1) is 5.41 Å². The van der Waals surface area contributed by atoms with Crippen molar-refractivity contribution in [3.05, 3.63) is 41.5 Å². The molecular weight excluding hydrogens is 348 g/mol. The van der Waals surface area contributed by atoms with E-state index < -0.39 is 5.41 Å². The second-order valence-corrected chi connectivity index (χ2v) is 6.90. The van der Waals surface area contributed by atoms with Gasteiger partial charge in [-0.25, -0.2) is 0 Å². The molecule has 8 heteroatoms. The predicted octanol–water partition coefficient (Wildman–Crippen LogP) is 1.28. The summed E-state index contributed by atoms with van der Waals surface area (Å²) in [6.45, 7) is 3.63. The number of ether oxygens (including phenoxy) is 2. The molecule has 0 aliphatic carbocycles. The molecule has 146 valence electrons. The normalized spacial score (nSPS) is 16.4. The van der Waals surface area contributed by atoms with Gasteiger partial charge in [0, 0.05) is 26.6 Å². The molecule has 8 nitrogen and oxygen atoms in total.